The van der Waals surface area contributed by atoms with Crippen LogP contribution in [0.3, 0.4) is 0 Å². The van der Waals surface area contributed by atoms with E-state index in [1.165, 1.54) is 5.57 Å². The highest BCUT2D eigenvalue weighted by molar-refractivity contribution is 5.63. The van der Waals surface area contributed by atoms with Crippen LogP contribution in [0.1, 0.15) is 6.42 Å². The van der Waals surface area contributed by atoms with E-state index in [1.54, 1.807) is 0 Å². The summed E-state index contributed by atoms with van der Waals surface area (Å²) in [4.78, 5) is 4.25. The molecule has 2 rings (SSSR count). The molecular weight excluding hydrogens is 126 g/mol. The molecule has 2 nitrogen and oxygen atoms in total. The fraction of sp³-hybridized carbons (Fsp3) is 0.375. The monoisotopic (exact) mass is 135 g/mol. The Morgan fingerprint density at radius 2 is 2.40 bits per heavy atom. The fourth-order valence-electron chi connectivity index (χ4n) is 1.13. The number of aliphatic imine (C=N–C) groups is 1. The van der Waals surface area contributed by atoms with Gasteiger partial charge in [-0.2, -0.15) is 0 Å². The van der Waals surface area contributed by atoms with Gasteiger partial charge in [0.05, 0.1) is 18.9 Å². The van der Waals surface area contributed by atoms with Crippen LogP contribution < -0.4 is 0 Å². The number of ether oxygens (including phenoxy) is 1. The van der Waals surface area contributed by atoms with Gasteiger partial charge in [0.1, 0.15) is 0 Å². The van der Waals surface area contributed by atoms with Gasteiger partial charge < -0.3 is 4.74 Å². The average molecular weight is 135 g/mol. The van der Waals surface area contributed by atoms with Crippen LogP contribution in [0.4, 0.5) is 0 Å². The van der Waals surface area contributed by atoms with Crippen LogP contribution in [0.15, 0.2) is 28.4 Å². The van der Waals surface area contributed by atoms with Crippen LogP contribution in [-0.4, -0.2) is 19.4 Å². The summed E-state index contributed by atoms with van der Waals surface area (Å²) >= 11 is 0. The zero-order chi connectivity index (χ0) is 6.81. The molecule has 0 aliphatic carbocycles. The Bertz CT molecular complexity index is 203. The van der Waals surface area contributed by atoms with Gasteiger partial charge in [-0.15, -0.1) is 0 Å². The zero-order valence-electron chi connectivity index (χ0n) is 5.71. The Kier molecular flexibility index (Phi) is 1.40. The largest absolute Gasteiger partial charge is 0.370 e. The molecule has 0 fully saturated rings. The van der Waals surface area contributed by atoms with Gasteiger partial charge in [0.15, 0.2) is 0 Å². The maximum Gasteiger partial charge on any atom is 0.0896 e. The van der Waals surface area contributed by atoms with E-state index in [0.717, 1.165) is 18.7 Å². The lowest BCUT2D eigenvalue weighted by atomic mass is 10.2. The van der Waals surface area contributed by atoms with Crippen molar-refractivity contribution in [3.05, 3.63) is 23.4 Å². The van der Waals surface area contributed by atoms with Crippen molar-refractivity contribution in [2.45, 2.75) is 6.42 Å². The van der Waals surface area contributed by atoms with Crippen LogP contribution in [0.5, 0.6) is 0 Å². The second-order valence-electron chi connectivity index (χ2n) is 2.41. The van der Waals surface area contributed by atoms with Gasteiger partial charge in [-0.3, -0.25) is 4.99 Å². The Morgan fingerprint density at radius 1 is 1.40 bits per heavy atom. The van der Waals surface area contributed by atoms with E-state index < -0.39 is 0 Å². The first-order valence-electron chi connectivity index (χ1n) is 3.45. The highest BCUT2D eigenvalue weighted by atomic mass is 16.5. The molecule has 0 atom stereocenters. The summed E-state index contributed by atoms with van der Waals surface area (Å²) in [6.45, 7) is 1.43. The summed E-state index contributed by atoms with van der Waals surface area (Å²) in [6.07, 6.45) is 7.09. The Morgan fingerprint density at radius 3 is 3.40 bits per heavy atom. The van der Waals surface area contributed by atoms with Crippen molar-refractivity contribution in [2.24, 2.45) is 4.99 Å². The molecule has 2 heteroatoms. The Balaban J connectivity index is 2.34. The van der Waals surface area contributed by atoms with E-state index >= 15 is 0 Å². The number of hydrogen-bond acceptors (Lipinski definition) is 2. The summed E-state index contributed by atoms with van der Waals surface area (Å²) in [5, 5.41) is 0. The molecule has 2 aliphatic heterocycles. The summed E-state index contributed by atoms with van der Waals surface area (Å²) in [5.41, 5.74) is 2.35. The quantitative estimate of drug-likeness (QED) is 0.490. The van der Waals surface area contributed by atoms with E-state index in [1.807, 2.05) is 6.21 Å². The first-order chi connectivity index (χ1) is 4.97. The lowest BCUT2D eigenvalue weighted by Gasteiger charge is -1.88. The first-order valence-corrected chi connectivity index (χ1v) is 3.45. The molecule has 2 heterocycles. The van der Waals surface area contributed by atoms with E-state index in [-0.39, 0.29) is 0 Å². The average Bonchev–Trinajstić information content (AvgIpc) is 2.28. The molecule has 0 spiro atoms. The molecule has 2 aliphatic rings. The highest BCUT2D eigenvalue weighted by Gasteiger charge is 2.11. The van der Waals surface area contributed by atoms with Gasteiger partial charge in [0.25, 0.3) is 0 Å². The summed E-state index contributed by atoms with van der Waals surface area (Å²) in [6, 6.07) is 0. The molecule has 0 aromatic carbocycles. The molecule has 0 unspecified atom stereocenters. The molecule has 0 aromatic heterocycles. The van der Waals surface area contributed by atoms with Crippen molar-refractivity contribution in [1.29, 1.82) is 0 Å². The third kappa shape index (κ3) is 0.907. The van der Waals surface area contributed by atoms with Gasteiger partial charge in [0.2, 0.25) is 0 Å². The molecule has 0 amide bonds. The summed E-state index contributed by atoms with van der Waals surface area (Å²) in [7, 11) is 0. The van der Waals surface area contributed by atoms with Crippen molar-refractivity contribution in [3.8, 4) is 0 Å². The van der Waals surface area contributed by atoms with Crippen molar-refractivity contribution in [3.63, 3.8) is 0 Å². The van der Waals surface area contributed by atoms with E-state index in [0.29, 0.717) is 6.61 Å². The highest BCUT2D eigenvalue weighted by Crippen LogP contribution is 2.17. The normalized spacial score (nSPS) is 23.2. The fourth-order valence-corrected chi connectivity index (χ4v) is 1.13. The van der Waals surface area contributed by atoms with Gasteiger partial charge in [-0.25, -0.2) is 0 Å². The Labute approximate surface area is 59.9 Å². The van der Waals surface area contributed by atoms with Crippen molar-refractivity contribution in [1.82, 2.24) is 0 Å². The van der Waals surface area contributed by atoms with Gasteiger partial charge in [-0.1, -0.05) is 12.2 Å². The minimum atomic E-state index is 0.691. The smallest absolute Gasteiger partial charge is 0.0896 e. The third-order valence-electron chi connectivity index (χ3n) is 1.67. The number of hydrogen-bond donors (Lipinski definition) is 0. The van der Waals surface area contributed by atoms with Crippen molar-refractivity contribution in [2.75, 3.05) is 13.2 Å². The first kappa shape index (κ1) is 5.86. The molecule has 0 saturated heterocycles. The predicted molar refractivity (Wildman–Crippen MR) is 40.1 cm³/mol. The van der Waals surface area contributed by atoms with Crippen LogP contribution in [0.2, 0.25) is 0 Å². The second kappa shape index (κ2) is 2.39. The molecule has 10 heavy (non-hydrogen) atoms. The molecule has 0 N–H and O–H groups in total. The van der Waals surface area contributed by atoms with Crippen LogP contribution in [-0.2, 0) is 4.74 Å². The van der Waals surface area contributed by atoms with Crippen LogP contribution in [0.25, 0.3) is 0 Å². The maximum absolute atomic E-state index is 5.21. The topological polar surface area (TPSA) is 21.6 Å². The molecule has 0 bridgehead atoms. The minimum Gasteiger partial charge on any atom is -0.370 e. The zero-order valence-corrected chi connectivity index (χ0v) is 5.71. The molecule has 0 radical (unpaired) electrons. The lowest BCUT2D eigenvalue weighted by molar-refractivity contribution is 0.205. The number of rotatable bonds is 0. The number of allylic oxidation sites excluding steroid dienone is 1. The van der Waals surface area contributed by atoms with E-state index in [4.69, 9.17) is 4.74 Å². The summed E-state index contributed by atoms with van der Waals surface area (Å²) in [5.74, 6) is 0. The third-order valence-corrected chi connectivity index (χ3v) is 1.67. The van der Waals surface area contributed by atoms with E-state index in [9.17, 15) is 0 Å². The van der Waals surface area contributed by atoms with Gasteiger partial charge >= 0.3 is 0 Å². The van der Waals surface area contributed by atoms with Gasteiger partial charge in [-0.05, 0) is 0 Å². The molecule has 52 valence electrons. The predicted octanol–water partition coefficient (Wildman–Crippen LogP) is 1.30. The van der Waals surface area contributed by atoms with Crippen LogP contribution >= 0.6 is 0 Å². The SMILES string of the molecule is C1=CC2=C(COC2)N=CC1. The minimum absolute atomic E-state index is 0.691. The van der Waals surface area contributed by atoms with Crippen molar-refractivity contribution >= 4 is 6.21 Å². The maximum atomic E-state index is 5.21. The number of nitrogens with zero attached hydrogens (tertiary/aromatic N) is 1. The van der Waals surface area contributed by atoms with Gasteiger partial charge in [0, 0.05) is 18.2 Å². The lowest BCUT2D eigenvalue weighted by Crippen LogP contribution is -1.84. The molecule has 0 saturated carbocycles. The summed E-state index contributed by atoms with van der Waals surface area (Å²) < 4.78 is 5.21. The molecular formula is C8H9NO. The molecule has 0 aromatic rings. The van der Waals surface area contributed by atoms with Crippen molar-refractivity contribution < 1.29 is 4.74 Å². The second-order valence-corrected chi connectivity index (χ2v) is 2.41. The van der Waals surface area contributed by atoms with E-state index in [2.05, 4.69) is 17.1 Å². The Hall–Kier alpha value is -0.890. The van der Waals surface area contributed by atoms with Crippen LogP contribution in [0, 0.1) is 0 Å². The standard InChI is InChI=1S/C8H9NO/c1-2-4-9-8-6-10-5-7(8)3-1/h1,3-4H,2,5-6H2.